The van der Waals surface area contributed by atoms with Crippen LogP contribution in [-0.4, -0.2) is 23.0 Å². The van der Waals surface area contributed by atoms with Gasteiger partial charge in [-0.05, 0) is 32.0 Å². The van der Waals surface area contributed by atoms with Crippen LogP contribution in [0.2, 0.25) is 0 Å². The van der Waals surface area contributed by atoms with Crippen molar-refractivity contribution in [3.63, 3.8) is 0 Å². The van der Waals surface area contributed by atoms with E-state index in [0.29, 0.717) is 17.7 Å². The van der Waals surface area contributed by atoms with E-state index >= 15 is 0 Å². The van der Waals surface area contributed by atoms with Crippen molar-refractivity contribution in [1.29, 1.82) is 0 Å². The van der Waals surface area contributed by atoms with Crippen molar-refractivity contribution in [3.05, 3.63) is 35.1 Å². The van der Waals surface area contributed by atoms with Crippen LogP contribution in [0.25, 0.3) is 0 Å². The van der Waals surface area contributed by atoms with Crippen LogP contribution in [0.15, 0.2) is 18.2 Å². The first-order chi connectivity index (χ1) is 7.68. The predicted molar refractivity (Wildman–Crippen MR) is 66.8 cm³/mol. The molecule has 0 saturated carbocycles. The van der Waals surface area contributed by atoms with E-state index in [4.69, 9.17) is 18.0 Å². The summed E-state index contributed by atoms with van der Waals surface area (Å²) in [4.78, 5) is 2.38. The van der Waals surface area contributed by atoms with E-state index in [2.05, 4.69) is 4.90 Å². The second kappa shape index (κ2) is 4.89. The molecule has 1 heterocycles. The van der Waals surface area contributed by atoms with Gasteiger partial charge in [-0.3, -0.25) is 4.90 Å². The predicted octanol–water partition coefficient (Wildman–Crippen LogP) is 2.06. The van der Waals surface area contributed by atoms with Crippen molar-refractivity contribution >= 4 is 17.2 Å². The highest BCUT2D eigenvalue weighted by Crippen LogP contribution is 2.17. The second-order valence-electron chi connectivity index (χ2n) is 4.13. The molecule has 0 bridgehead atoms. The molecule has 0 atom stereocenters. The Morgan fingerprint density at radius 1 is 1.38 bits per heavy atom. The molecule has 1 saturated heterocycles. The van der Waals surface area contributed by atoms with Gasteiger partial charge < -0.3 is 5.73 Å². The third-order valence-electron chi connectivity index (χ3n) is 2.94. The van der Waals surface area contributed by atoms with Crippen LogP contribution in [-0.2, 0) is 6.54 Å². The van der Waals surface area contributed by atoms with Crippen LogP contribution in [0, 0.1) is 5.82 Å². The maximum atomic E-state index is 14.0. The second-order valence-corrected chi connectivity index (χ2v) is 4.57. The van der Waals surface area contributed by atoms with Gasteiger partial charge in [-0.2, -0.15) is 0 Å². The van der Waals surface area contributed by atoms with Crippen molar-refractivity contribution in [2.45, 2.75) is 19.4 Å². The van der Waals surface area contributed by atoms with Crippen LogP contribution in [0.4, 0.5) is 4.39 Å². The molecule has 1 aliphatic rings. The Bertz CT molecular complexity index is 400. The number of hydrogen-bond acceptors (Lipinski definition) is 2. The topological polar surface area (TPSA) is 29.3 Å². The average molecular weight is 238 g/mol. The molecule has 2 rings (SSSR count). The minimum absolute atomic E-state index is 0.126. The number of hydrogen-bond donors (Lipinski definition) is 1. The summed E-state index contributed by atoms with van der Waals surface area (Å²) in [5.74, 6) is -0.262. The van der Waals surface area contributed by atoms with Crippen molar-refractivity contribution in [1.82, 2.24) is 4.90 Å². The third-order valence-corrected chi connectivity index (χ3v) is 3.16. The lowest BCUT2D eigenvalue weighted by atomic mass is 10.1. The molecular formula is C12H15FN2S. The van der Waals surface area contributed by atoms with Gasteiger partial charge in [-0.15, -0.1) is 0 Å². The van der Waals surface area contributed by atoms with E-state index in [1.54, 1.807) is 12.1 Å². The molecule has 0 spiro atoms. The fourth-order valence-electron chi connectivity index (χ4n) is 2.07. The molecule has 4 heteroatoms. The molecule has 1 aromatic rings. The normalized spacial score (nSPS) is 16.6. The Hall–Kier alpha value is -1.00. The lowest BCUT2D eigenvalue weighted by Crippen LogP contribution is -2.20. The largest absolute Gasteiger partial charge is 0.389 e. The number of rotatable bonds is 3. The van der Waals surface area contributed by atoms with Crippen LogP contribution in [0.5, 0.6) is 0 Å². The monoisotopic (exact) mass is 238 g/mol. The fraction of sp³-hybridized carbons (Fsp3) is 0.417. The van der Waals surface area contributed by atoms with E-state index in [9.17, 15) is 4.39 Å². The highest BCUT2D eigenvalue weighted by atomic mass is 32.1. The lowest BCUT2D eigenvalue weighted by Gasteiger charge is -2.16. The first-order valence-electron chi connectivity index (χ1n) is 5.48. The number of thiocarbonyl (C=S) groups is 1. The first-order valence-corrected chi connectivity index (χ1v) is 5.89. The van der Waals surface area contributed by atoms with E-state index in [1.165, 1.54) is 12.8 Å². The molecule has 0 amide bonds. The zero-order valence-corrected chi connectivity index (χ0v) is 9.89. The number of benzene rings is 1. The molecule has 1 fully saturated rings. The highest BCUT2D eigenvalue weighted by molar-refractivity contribution is 7.80. The van der Waals surface area contributed by atoms with E-state index in [-0.39, 0.29) is 10.8 Å². The van der Waals surface area contributed by atoms with Crippen molar-refractivity contribution < 1.29 is 4.39 Å². The van der Waals surface area contributed by atoms with Crippen molar-refractivity contribution in [3.8, 4) is 0 Å². The Labute approximate surface area is 100 Å². The maximum Gasteiger partial charge on any atom is 0.137 e. The summed E-state index contributed by atoms with van der Waals surface area (Å²) in [5, 5.41) is 0. The molecule has 0 unspecified atom stereocenters. The Morgan fingerprint density at radius 2 is 2.06 bits per heavy atom. The van der Waals surface area contributed by atoms with Gasteiger partial charge in [0.2, 0.25) is 0 Å². The molecule has 0 aliphatic carbocycles. The number of halogens is 1. The summed E-state index contributed by atoms with van der Waals surface area (Å²) in [5.41, 5.74) is 6.51. The highest BCUT2D eigenvalue weighted by Gasteiger charge is 2.15. The van der Waals surface area contributed by atoms with E-state index in [1.807, 2.05) is 6.07 Å². The Kier molecular flexibility index (Phi) is 3.51. The average Bonchev–Trinajstić information content (AvgIpc) is 2.73. The van der Waals surface area contributed by atoms with Crippen molar-refractivity contribution in [2.75, 3.05) is 13.1 Å². The van der Waals surface area contributed by atoms with Crippen LogP contribution in [0.1, 0.15) is 24.0 Å². The van der Waals surface area contributed by atoms with E-state index < -0.39 is 0 Å². The SMILES string of the molecule is NC(=S)c1cccc(CN2CCCC2)c1F. The standard InChI is InChI=1S/C12H15FN2S/c13-11-9(8-15-6-1-2-7-15)4-3-5-10(11)12(14)16/h3-5H,1-2,6-8H2,(H2,14,16). The molecule has 86 valence electrons. The number of nitrogens with zero attached hydrogens (tertiary/aromatic N) is 1. The lowest BCUT2D eigenvalue weighted by molar-refractivity contribution is 0.325. The maximum absolute atomic E-state index is 14.0. The molecule has 16 heavy (non-hydrogen) atoms. The zero-order valence-electron chi connectivity index (χ0n) is 9.08. The van der Waals surface area contributed by atoms with E-state index in [0.717, 1.165) is 13.1 Å². The van der Waals surface area contributed by atoms with Gasteiger partial charge in [0.05, 0.1) is 0 Å². The van der Waals surface area contributed by atoms with Crippen LogP contribution < -0.4 is 5.73 Å². The quantitative estimate of drug-likeness (QED) is 0.817. The number of likely N-dealkylation sites (tertiary alicyclic amines) is 1. The summed E-state index contributed by atoms with van der Waals surface area (Å²) in [7, 11) is 0. The van der Waals surface area contributed by atoms with Crippen LogP contribution in [0.3, 0.4) is 0 Å². The first kappa shape index (κ1) is 11.5. The molecule has 0 radical (unpaired) electrons. The molecule has 2 nitrogen and oxygen atoms in total. The third kappa shape index (κ3) is 2.39. The van der Waals surface area contributed by atoms with Gasteiger partial charge in [-0.25, -0.2) is 4.39 Å². The van der Waals surface area contributed by atoms with Gasteiger partial charge in [0, 0.05) is 17.7 Å². The fourth-order valence-corrected chi connectivity index (χ4v) is 2.23. The van der Waals surface area contributed by atoms with Crippen LogP contribution >= 0.6 is 12.2 Å². The minimum Gasteiger partial charge on any atom is -0.389 e. The van der Waals surface area contributed by atoms with Gasteiger partial charge in [-0.1, -0.05) is 24.4 Å². The molecule has 0 aromatic heterocycles. The minimum atomic E-state index is -0.262. The summed E-state index contributed by atoms with van der Waals surface area (Å²) < 4.78 is 14.0. The van der Waals surface area contributed by atoms with Gasteiger partial charge in [0.25, 0.3) is 0 Å². The molecule has 2 N–H and O–H groups in total. The molecule has 1 aromatic carbocycles. The molecule has 1 aliphatic heterocycles. The van der Waals surface area contributed by atoms with Gasteiger partial charge in [0.1, 0.15) is 10.8 Å². The summed E-state index contributed by atoms with van der Waals surface area (Å²) in [6, 6.07) is 5.24. The summed E-state index contributed by atoms with van der Waals surface area (Å²) >= 11 is 4.82. The van der Waals surface area contributed by atoms with Gasteiger partial charge in [0.15, 0.2) is 0 Å². The van der Waals surface area contributed by atoms with Crippen molar-refractivity contribution in [2.24, 2.45) is 5.73 Å². The molecular weight excluding hydrogens is 223 g/mol. The number of nitrogens with two attached hydrogens (primary N) is 1. The summed E-state index contributed by atoms with van der Waals surface area (Å²) in [6.07, 6.45) is 2.41. The Balaban J connectivity index is 2.20. The summed E-state index contributed by atoms with van der Waals surface area (Å²) in [6.45, 7) is 2.76. The smallest absolute Gasteiger partial charge is 0.137 e. The zero-order chi connectivity index (χ0) is 11.5. The van der Waals surface area contributed by atoms with Gasteiger partial charge >= 0.3 is 0 Å². The Morgan fingerprint density at radius 3 is 2.69 bits per heavy atom.